The second-order valence-corrected chi connectivity index (χ2v) is 5.23. The molecule has 0 spiro atoms. The third-order valence-electron chi connectivity index (χ3n) is 2.19. The van der Waals surface area contributed by atoms with E-state index in [1.54, 1.807) is 7.11 Å². The Bertz CT molecular complexity index is 504. The normalized spacial score (nSPS) is 11.5. The molecule has 0 heterocycles. The van der Waals surface area contributed by atoms with Gasteiger partial charge in [0.25, 0.3) is 0 Å². The zero-order valence-corrected chi connectivity index (χ0v) is 11.5. The molecule has 0 atom stereocenters. The van der Waals surface area contributed by atoms with Crippen LogP contribution in [0.15, 0.2) is 23.1 Å². The van der Waals surface area contributed by atoms with Gasteiger partial charge in [-0.05, 0) is 18.2 Å². The number of nitrogen functional groups attached to an aromatic ring is 1. The summed E-state index contributed by atoms with van der Waals surface area (Å²) in [5.41, 5.74) is 5.82. The van der Waals surface area contributed by atoms with Gasteiger partial charge in [0.2, 0.25) is 10.0 Å². The Kier molecular flexibility index (Phi) is 6.03. The number of methoxy groups -OCH3 is 1. The summed E-state index contributed by atoms with van der Waals surface area (Å²) in [5.74, 6) is 0.159. The first-order chi connectivity index (χ1) is 8.95. The first-order valence-electron chi connectivity index (χ1n) is 5.57. The summed E-state index contributed by atoms with van der Waals surface area (Å²) in [7, 11) is -2.30. The molecule has 1 aromatic carbocycles. The Labute approximate surface area is 112 Å². The molecule has 108 valence electrons. The second kappa shape index (κ2) is 7.29. The van der Waals surface area contributed by atoms with Crippen molar-refractivity contribution in [3.05, 3.63) is 18.2 Å². The van der Waals surface area contributed by atoms with E-state index in [0.29, 0.717) is 25.5 Å². The number of benzene rings is 1. The molecule has 8 heteroatoms. The fraction of sp³-hybridized carbons (Fsp3) is 0.455. The van der Waals surface area contributed by atoms with Crippen LogP contribution in [0.4, 0.5) is 5.69 Å². The molecule has 0 aromatic heterocycles. The highest BCUT2D eigenvalue weighted by Crippen LogP contribution is 2.24. The lowest BCUT2D eigenvalue weighted by molar-refractivity contribution is 0.0539. The molecule has 19 heavy (non-hydrogen) atoms. The number of primary sulfonamides is 1. The van der Waals surface area contributed by atoms with Crippen LogP contribution < -0.4 is 15.6 Å². The highest BCUT2D eigenvalue weighted by Gasteiger charge is 2.15. The summed E-state index contributed by atoms with van der Waals surface area (Å²) in [6, 6.07) is 4.26. The van der Waals surface area contributed by atoms with Crippen LogP contribution in [0.25, 0.3) is 0 Å². The molecular weight excluding hydrogens is 272 g/mol. The minimum absolute atomic E-state index is 0.135. The van der Waals surface area contributed by atoms with Crippen LogP contribution in [-0.4, -0.2) is 42.0 Å². The van der Waals surface area contributed by atoms with Crippen molar-refractivity contribution in [3.63, 3.8) is 0 Å². The van der Waals surface area contributed by atoms with Crippen molar-refractivity contribution < 1.29 is 22.6 Å². The van der Waals surface area contributed by atoms with Gasteiger partial charge in [0.15, 0.2) is 0 Å². The van der Waals surface area contributed by atoms with Gasteiger partial charge in [-0.25, -0.2) is 13.6 Å². The summed E-state index contributed by atoms with van der Waals surface area (Å²) in [6.45, 7) is 1.46. The van der Waals surface area contributed by atoms with Crippen molar-refractivity contribution in [1.29, 1.82) is 0 Å². The Hall–Kier alpha value is -1.35. The summed E-state index contributed by atoms with van der Waals surface area (Å²) in [5, 5.41) is 5.09. The number of nitrogens with two attached hydrogens (primary N) is 2. The maximum absolute atomic E-state index is 11.4. The van der Waals surface area contributed by atoms with Crippen LogP contribution in [0.3, 0.4) is 0 Å². The topological polar surface area (TPSA) is 114 Å². The highest BCUT2D eigenvalue weighted by molar-refractivity contribution is 7.89. The SMILES string of the molecule is COCCOCCOc1ccc(N)cc1S(N)(=O)=O. The number of ether oxygens (including phenoxy) is 3. The van der Waals surface area contributed by atoms with Gasteiger partial charge in [-0.3, -0.25) is 0 Å². The zero-order chi connectivity index (χ0) is 14.3. The lowest BCUT2D eigenvalue weighted by Crippen LogP contribution is -2.16. The molecule has 0 aliphatic rings. The van der Waals surface area contributed by atoms with E-state index in [0.717, 1.165) is 0 Å². The number of hydrogen-bond donors (Lipinski definition) is 2. The van der Waals surface area contributed by atoms with Crippen LogP contribution in [-0.2, 0) is 19.5 Å². The number of sulfonamides is 1. The van der Waals surface area contributed by atoms with E-state index in [-0.39, 0.29) is 17.3 Å². The highest BCUT2D eigenvalue weighted by atomic mass is 32.2. The van der Waals surface area contributed by atoms with Crippen molar-refractivity contribution in [2.45, 2.75) is 4.90 Å². The van der Waals surface area contributed by atoms with Gasteiger partial charge < -0.3 is 19.9 Å². The fourth-order valence-electron chi connectivity index (χ4n) is 1.32. The van der Waals surface area contributed by atoms with Crippen molar-refractivity contribution in [1.82, 2.24) is 0 Å². The summed E-state index contributed by atoms with van der Waals surface area (Å²) >= 11 is 0. The van der Waals surface area contributed by atoms with E-state index in [1.807, 2.05) is 0 Å². The first-order valence-corrected chi connectivity index (χ1v) is 7.11. The largest absolute Gasteiger partial charge is 0.490 e. The molecule has 1 rings (SSSR count). The molecule has 0 amide bonds. The van der Waals surface area contributed by atoms with Crippen molar-refractivity contribution >= 4 is 15.7 Å². The van der Waals surface area contributed by atoms with E-state index in [1.165, 1.54) is 18.2 Å². The number of hydrogen-bond acceptors (Lipinski definition) is 6. The minimum Gasteiger partial charge on any atom is -0.490 e. The van der Waals surface area contributed by atoms with E-state index in [4.69, 9.17) is 25.1 Å². The van der Waals surface area contributed by atoms with E-state index in [2.05, 4.69) is 0 Å². The molecule has 0 aliphatic heterocycles. The van der Waals surface area contributed by atoms with Gasteiger partial charge in [0, 0.05) is 12.8 Å². The molecule has 0 radical (unpaired) electrons. The lowest BCUT2D eigenvalue weighted by atomic mass is 10.3. The molecular formula is C11H18N2O5S. The number of anilines is 1. The van der Waals surface area contributed by atoms with Gasteiger partial charge in [-0.1, -0.05) is 0 Å². The van der Waals surface area contributed by atoms with Crippen LogP contribution in [0.1, 0.15) is 0 Å². The fourth-order valence-corrected chi connectivity index (χ4v) is 2.03. The standard InChI is InChI=1S/C11H18N2O5S/c1-16-4-5-17-6-7-18-10-3-2-9(12)8-11(10)19(13,14)15/h2-3,8H,4-7,12H2,1H3,(H2,13,14,15). The molecule has 0 fully saturated rings. The van der Waals surface area contributed by atoms with Gasteiger partial charge >= 0.3 is 0 Å². The molecule has 4 N–H and O–H groups in total. The smallest absolute Gasteiger partial charge is 0.241 e. The Morgan fingerprint density at radius 2 is 1.84 bits per heavy atom. The average molecular weight is 290 g/mol. The summed E-state index contributed by atoms with van der Waals surface area (Å²) < 4.78 is 38.1. The van der Waals surface area contributed by atoms with E-state index >= 15 is 0 Å². The van der Waals surface area contributed by atoms with Gasteiger partial charge in [0.05, 0.1) is 19.8 Å². The van der Waals surface area contributed by atoms with Gasteiger partial charge in [-0.15, -0.1) is 0 Å². The van der Waals surface area contributed by atoms with Crippen LogP contribution in [0.2, 0.25) is 0 Å². The van der Waals surface area contributed by atoms with Crippen LogP contribution in [0.5, 0.6) is 5.75 Å². The predicted molar refractivity (Wildman–Crippen MR) is 70.4 cm³/mol. The molecule has 1 aromatic rings. The summed E-state index contributed by atoms with van der Waals surface area (Å²) in [4.78, 5) is -0.135. The molecule has 0 bridgehead atoms. The predicted octanol–water partition coefficient (Wildman–Crippen LogP) is -0.0420. The summed E-state index contributed by atoms with van der Waals surface area (Å²) in [6.07, 6.45) is 0. The van der Waals surface area contributed by atoms with Gasteiger partial charge in [-0.2, -0.15) is 0 Å². The maximum atomic E-state index is 11.4. The average Bonchev–Trinajstić information content (AvgIpc) is 2.34. The minimum atomic E-state index is -3.87. The van der Waals surface area contributed by atoms with Crippen LogP contribution in [0, 0.1) is 0 Å². The Morgan fingerprint density at radius 1 is 1.16 bits per heavy atom. The quantitative estimate of drug-likeness (QED) is 0.513. The maximum Gasteiger partial charge on any atom is 0.241 e. The van der Waals surface area contributed by atoms with Crippen molar-refractivity contribution in [3.8, 4) is 5.75 Å². The monoisotopic (exact) mass is 290 g/mol. The molecule has 0 aliphatic carbocycles. The van der Waals surface area contributed by atoms with Crippen molar-refractivity contribution in [2.24, 2.45) is 5.14 Å². The second-order valence-electron chi connectivity index (χ2n) is 3.70. The zero-order valence-electron chi connectivity index (χ0n) is 10.7. The van der Waals surface area contributed by atoms with E-state index < -0.39 is 10.0 Å². The molecule has 7 nitrogen and oxygen atoms in total. The third kappa shape index (κ3) is 5.43. The lowest BCUT2D eigenvalue weighted by Gasteiger charge is -2.11. The first kappa shape index (κ1) is 15.7. The van der Waals surface area contributed by atoms with E-state index in [9.17, 15) is 8.42 Å². The molecule has 0 unspecified atom stereocenters. The van der Waals surface area contributed by atoms with Crippen molar-refractivity contribution in [2.75, 3.05) is 39.3 Å². The Morgan fingerprint density at radius 3 is 2.47 bits per heavy atom. The number of rotatable bonds is 8. The van der Waals surface area contributed by atoms with Gasteiger partial charge in [0.1, 0.15) is 17.3 Å². The third-order valence-corrected chi connectivity index (χ3v) is 3.12. The Balaban J connectivity index is 2.59. The molecule has 0 saturated carbocycles. The molecule has 0 saturated heterocycles. The van der Waals surface area contributed by atoms with Crippen LogP contribution >= 0.6 is 0 Å².